The van der Waals surface area contributed by atoms with Crippen molar-refractivity contribution in [2.45, 2.75) is 52.6 Å². The summed E-state index contributed by atoms with van der Waals surface area (Å²) < 4.78 is 15.5. The zero-order chi connectivity index (χ0) is 22.3. The summed E-state index contributed by atoms with van der Waals surface area (Å²) in [4.78, 5) is 53.1. The first-order chi connectivity index (χ1) is 14.3. The second-order valence-electron chi connectivity index (χ2n) is 7.08. The van der Waals surface area contributed by atoms with Crippen molar-refractivity contribution in [1.29, 1.82) is 0 Å². The van der Waals surface area contributed by atoms with E-state index in [-0.39, 0.29) is 32.7 Å². The fourth-order valence-electron chi connectivity index (χ4n) is 3.78. The third-order valence-corrected chi connectivity index (χ3v) is 5.26. The molecule has 1 fully saturated rings. The van der Waals surface area contributed by atoms with E-state index >= 15 is 0 Å². The maximum Gasteiger partial charge on any atom is 0.328 e. The average Bonchev–Trinajstić information content (AvgIpc) is 3.19. The molecule has 30 heavy (non-hydrogen) atoms. The van der Waals surface area contributed by atoms with E-state index in [4.69, 9.17) is 14.2 Å². The van der Waals surface area contributed by atoms with Gasteiger partial charge in [0.05, 0.1) is 25.9 Å². The minimum atomic E-state index is -1.78. The Balaban J connectivity index is 2.54. The Morgan fingerprint density at radius 1 is 0.900 bits per heavy atom. The number of carbonyl (C=O) groups excluding carboxylic acids is 4. The molecule has 0 bridgehead atoms. The first-order valence-electron chi connectivity index (χ1n) is 10.2. The van der Waals surface area contributed by atoms with E-state index in [1.54, 1.807) is 51.1 Å². The summed E-state index contributed by atoms with van der Waals surface area (Å²) in [5.74, 6) is -2.61. The lowest BCUT2D eigenvalue weighted by Crippen LogP contribution is -2.57. The highest BCUT2D eigenvalue weighted by Crippen LogP contribution is 2.40. The Morgan fingerprint density at radius 2 is 1.43 bits per heavy atom. The largest absolute Gasteiger partial charge is 0.465 e. The molecule has 164 valence electrons. The summed E-state index contributed by atoms with van der Waals surface area (Å²) in [6.45, 7) is 6.63. The Morgan fingerprint density at radius 3 is 1.93 bits per heavy atom. The molecule has 8 nitrogen and oxygen atoms in total. The number of carbonyl (C=O) groups is 4. The van der Waals surface area contributed by atoms with Gasteiger partial charge in [0.15, 0.2) is 5.41 Å². The molecule has 1 aliphatic rings. The molecule has 1 amide bonds. The van der Waals surface area contributed by atoms with Crippen LogP contribution in [0.5, 0.6) is 0 Å². The van der Waals surface area contributed by atoms with Crippen molar-refractivity contribution >= 4 is 23.8 Å². The van der Waals surface area contributed by atoms with Crippen LogP contribution in [-0.2, 0) is 28.6 Å². The molecule has 0 saturated carbocycles. The number of benzene rings is 1. The predicted octanol–water partition coefficient (Wildman–Crippen LogP) is 2.36. The number of hydrogen-bond donors (Lipinski definition) is 0. The minimum Gasteiger partial charge on any atom is -0.465 e. The summed E-state index contributed by atoms with van der Waals surface area (Å²) >= 11 is 0. The number of nitrogens with zero attached hydrogens (tertiary/aromatic N) is 1. The zero-order valence-corrected chi connectivity index (χ0v) is 17.9. The van der Waals surface area contributed by atoms with Gasteiger partial charge in [-0.15, -0.1) is 0 Å². The zero-order valence-electron chi connectivity index (χ0n) is 17.9. The highest BCUT2D eigenvalue weighted by Gasteiger charge is 2.58. The van der Waals surface area contributed by atoms with Crippen LogP contribution in [0.1, 0.15) is 50.9 Å². The number of esters is 3. The molecular formula is C22H29NO7. The van der Waals surface area contributed by atoms with Crippen LogP contribution in [0, 0.1) is 5.41 Å². The second kappa shape index (κ2) is 10.2. The Labute approximate surface area is 176 Å². The molecule has 1 aromatic rings. The lowest BCUT2D eigenvalue weighted by molar-refractivity contribution is -0.175. The summed E-state index contributed by atoms with van der Waals surface area (Å²) in [6, 6.07) is 6.57. The van der Waals surface area contributed by atoms with Crippen molar-refractivity contribution in [2.75, 3.05) is 19.8 Å². The van der Waals surface area contributed by atoms with Gasteiger partial charge in [0.1, 0.15) is 6.04 Å². The molecule has 2 atom stereocenters. The van der Waals surface area contributed by atoms with E-state index < -0.39 is 41.3 Å². The van der Waals surface area contributed by atoms with Gasteiger partial charge in [0, 0.05) is 5.56 Å². The van der Waals surface area contributed by atoms with Gasteiger partial charge in [-0.1, -0.05) is 18.2 Å². The Bertz CT molecular complexity index is 759. The lowest BCUT2D eigenvalue weighted by atomic mass is 9.80. The number of likely N-dealkylation sites (tertiary alicyclic amines) is 1. The van der Waals surface area contributed by atoms with Crippen molar-refractivity contribution in [3.05, 3.63) is 35.9 Å². The fraction of sp³-hybridized carbons (Fsp3) is 0.545. The number of hydrogen-bond acceptors (Lipinski definition) is 7. The maximum atomic E-state index is 13.4. The van der Waals surface area contributed by atoms with Crippen molar-refractivity contribution in [3.8, 4) is 0 Å². The molecule has 8 heteroatoms. The monoisotopic (exact) mass is 419 g/mol. The van der Waals surface area contributed by atoms with Crippen LogP contribution < -0.4 is 0 Å². The van der Waals surface area contributed by atoms with Gasteiger partial charge < -0.3 is 19.1 Å². The van der Waals surface area contributed by atoms with Crippen molar-refractivity contribution in [1.82, 2.24) is 4.90 Å². The van der Waals surface area contributed by atoms with Gasteiger partial charge in [-0.25, -0.2) is 4.79 Å². The van der Waals surface area contributed by atoms with Gasteiger partial charge >= 0.3 is 17.9 Å². The molecule has 1 aromatic carbocycles. The molecule has 1 heterocycles. The molecular weight excluding hydrogens is 390 g/mol. The topological polar surface area (TPSA) is 99.2 Å². The van der Waals surface area contributed by atoms with Crippen LogP contribution in [0.25, 0.3) is 0 Å². The summed E-state index contributed by atoms with van der Waals surface area (Å²) in [6.07, 6.45) is 0.507. The molecule has 2 rings (SSSR count). The van der Waals surface area contributed by atoms with Crippen molar-refractivity contribution in [2.24, 2.45) is 5.41 Å². The maximum absolute atomic E-state index is 13.4. The average molecular weight is 419 g/mol. The molecule has 0 N–H and O–H groups in total. The molecule has 0 aromatic heterocycles. The van der Waals surface area contributed by atoms with E-state index in [1.807, 2.05) is 0 Å². The minimum absolute atomic E-state index is 0.0640. The van der Waals surface area contributed by atoms with Gasteiger partial charge in [-0.3, -0.25) is 14.4 Å². The van der Waals surface area contributed by atoms with Crippen LogP contribution in [-0.4, -0.2) is 60.6 Å². The number of ether oxygens (including phenoxy) is 3. The Hall–Kier alpha value is -2.90. The van der Waals surface area contributed by atoms with Gasteiger partial charge in [-0.2, -0.15) is 0 Å². The second-order valence-corrected chi connectivity index (χ2v) is 7.08. The predicted molar refractivity (Wildman–Crippen MR) is 107 cm³/mol. The molecule has 0 radical (unpaired) electrons. The first kappa shape index (κ1) is 23.4. The van der Waals surface area contributed by atoms with E-state index in [0.29, 0.717) is 5.56 Å². The van der Waals surface area contributed by atoms with Gasteiger partial charge in [0.2, 0.25) is 0 Å². The fourth-order valence-corrected chi connectivity index (χ4v) is 3.78. The normalized spacial score (nSPS) is 18.6. The van der Waals surface area contributed by atoms with E-state index in [0.717, 1.165) is 0 Å². The van der Waals surface area contributed by atoms with Crippen LogP contribution in [0.3, 0.4) is 0 Å². The highest BCUT2D eigenvalue weighted by molar-refractivity contribution is 6.03. The molecule has 0 spiro atoms. The van der Waals surface area contributed by atoms with Crippen LogP contribution in [0.4, 0.5) is 0 Å². The Kier molecular flexibility index (Phi) is 7.97. The number of amides is 1. The summed E-state index contributed by atoms with van der Waals surface area (Å²) in [5, 5.41) is 0. The quantitative estimate of drug-likeness (QED) is 0.362. The molecule has 0 unspecified atom stereocenters. The summed E-state index contributed by atoms with van der Waals surface area (Å²) in [5.41, 5.74) is -1.44. The van der Waals surface area contributed by atoms with Crippen LogP contribution in [0.2, 0.25) is 0 Å². The standard InChI is InChI=1S/C22H29NO7/c1-5-28-19(25)16-13-14-17(23(16)18(24)15-11-9-8-10-12-15)22(4,20(26)29-6-2)21(27)30-7-3/h8-12,16-17H,5-7,13-14H2,1-4H3/t16-,17+/m0/s1. The smallest absolute Gasteiger partial charge is 0.328 e. The van der Waals surface area contributed by atoms with E-state index in [2.05, 4.69) is 0 Å². The van der Waals surface area contributed by atoms with Crippen molar-refractivity contribution in [3.63, 3.8) is 0 Å². The SMILES string of the molecule is CCOC(=O)[C@@H]1CC[C@H](C(C)(C(=O)OCC)C(=O)OCC)N1C(=O)c1ccccc1. The van der Waals surface area contributed by atoms with Crippen LogP contribution >= 0.6 is 0 Å². The molecule has 0 aliphatic carbocycles. The van der Waals surface area contributed by atoms with Gasteiger partial charge in [-0.05, 0) is 52.7 Å². The van der Waals surface area contributed by atoms with Crippen molar-refractivity contribution < 1.29 is 33.4 Å². The molecule has 1 aliphatic heterocycles. The summed E-state index contributed by atoms with van der Waals surface area (Å²) in [7, 11) is 0. The van der Waals surface area contributed by atoms with Crippen LogP contribution in [0.15, 0.2) is 30.3 Å². The number of rotatable bonds is 8. The lowest BCUT2D eigenvalue weighted by Gasteiger charge is -2.38. The first-order valence-corrected chi connectivity index (χ1v) is 10.2. The third-order valence-electron chi connectivity index (χ3n) is 5.26. The highest BCUT2D eigenvalue weighted by atomic mass is 16.6. The third kappa shape index (κ3) is 4.47. The van der Waals surface area contributed by atoms with E-state index in [1.165, 1.54) is 11.8 Å². The van der Waals surface area contributed by atoms with E-state index in [9.17, 15) is 19.2 Å². The van der Waals surface area contributed by atoms with Gasteiger partial charge in [0.25, 0.3) is 5.91 Å². The molecule has 1 saturated heterocycles.